The molecule has 0 unspecified atom stereocenters. The number of aliphatic carboxylic acids is 1. The van der Waals surface area contributed by atoms with Gasteiger partial charge < -0.3 is 9.67 Å². The van der Waals surface area contributed by atoms with Crippen LogP contribution in [-0.4, -0.2) is 21.6 Å². The van der Waals surface area contributed by atoms with Crippen LogP contribution < -0.4 is 0 Å². The normalized spacial score (nSPS) is 9.75. The molecule has 4 heteroatoms. The van der Waals surface area contributed by atoms with Crippen molar-refractivity contribution in [3.63, 3.8) is 0 Å². The van der Waals surface area contributed by atoms with Crippen molar-refractivity contribution in [2.24, 2.45) is 0 Å². The van der Waals surface area contributed by atoms with Gasteiger partial charge in [0, 0.05) is 18.9 Å². The van der Waals surface area contributed by atoms with Gasteiger partial charge >= 0.3 is 5.97 Å². The number of hydrogen-bond acceptors (Lipinski definition) is 2. The van der Waals surface area contributed by atoms with Gasteiger partial charge in [0.05, 0.1) is 0 Å². The van der Waals surface area contributed by atoms with Crippen LogP contribution in [-0.2, 0) is 16.1 Å². The molecule has 0 aliphatic carbocycles. The average Bonchev–Trinajstić information content (AvgIpc) is 2.75. The Morgan fingerprint density at radius 1 is 1.19 bits per heavy atom. The number of carbonyl (C=O) groups excluding carboxylic acids is 1. The Kier molecular flexibility index (Phi) is 5.09. The summed E-state index contributed by atoms with van der Waals surface area (Å²) in [6.45, 7) is 0.931. The second kappa shape index (κ2) is 6.64. The highest BCUT2D eigenvalue weighted by Crippen LogP contribution is 2.07. The summed E-state index contributed by atoms with van der Waals surface area (Å²) in [4.78, 5) is 20.7. The van der Waals surface area contributed by atoms with Crippen molar-refractivity contribution in [2.45, 2.75) is 32.2 Å². The number of unbranched alkanes of at least 4 members (excludes halogenated alkanes) is 2. The van der Waals surface area contributed by atoms with Crippen LogP contribution in [0.1, 0.15) is 25.7 Å². The number of rotatable bonds is 7. The SMILES string of the molecule is O=C=C(CCCCCn1cccc1)C(=O)O. The van der Waals surface area contributed by atoms with Gasteiger partial charge in [-0.05, 0) is 31.4 Å². The fourth-order valence-corrected chi connectivity index (χ4v) is 1.49. The van der Waals surface area contributed by atoms with E-state index in [4.69, 9.17) is 5.11 Å². The zero-order valence-corrected chi connectivity index (χ0v) is 9.06. The lowest BCUT2D eigenvalue weighted by Crippen LogP contribution is -2.01. The fraction of sp³-hybridized carbons (Fsp3) is 0.417. The summed E-state index contributed by atoms with van der Waals surface area (Å²) in [6, 6.07) is 3.94. The molecule has 0 atom stereocenters. The maximum atomic E-state index is 10.5. The van der Waals surface area contributed by atoms with Gasteiger partial charge in [0.15, 0.2) is 0 Å². The molecule has 16 heavy (non-hydrogen) atoms. The topological polar surface area (TPSA) is 59.3 Å². The summed E-state index contributed by atoms with van der Waals surface area (Å²) in [5, 5.41) is 8.58. The van der Waals surface area contributed by atoms with Crippen molar-refractivity contribution in [2.75, 3.05) is 0 Å². The second-order valence-corrected chi connectivity index (χ2v) is 3.62. The number of nitrogens with zero attached hydrogens (tertiary/aromatic N) is 1. The van der Waals surface area contributed by atoms with Crippen LogP contribution in [0.25, 0.3) is 0 Å². The largest absolute Gasteiger partial charge is 0.477 e. The molecule has 1 N–H and O–H groups in total. The van der Waals surface area contributed by atoms with E-state index >= 15 is 0 Å². The highest BCUT2D eigenvalue weighted by molar-refractivity contribution is 5.95. The summed E-state index contributed by atoms with van der Waals surface area (Å²) in [6.07, 6.45) is 6.92. The number of hydrogen-bond donors (Lipinski definition) is 1. The van der Waals surface area contributed by atoms with Gasteiger partial charge in [-0.25, -0.2) is 9.59 Å². The minimum Gasteiger partial charge on any atom is -0.477 e. The van der Waals surface area contributed by atoms with E-state index in [9.17, 15) is 9.59 Å². The molecule has 0 aromatic carbocycles. The van der Waals surface area contributed by atoms with E-state index in [-0.39, 0.29) is 5.57 Å². The molecular weight excluding hydrogens is 206 g/mol. The van der Waals surface area contributed by atoms with Crippen LogP contribution >= 0.6 is 0 Å². The molecular formula is C12H15NO3. The van der Waals surface area contributed by atoms with Gasteiger partial charge in [-0.15, -0.1) is 0 Å². The lowest BCUT2D eigenvalue weighted by atomic mass is 10.1. The predicted molar refractivity (Wildman–Crippen MR) is 59.7 cm³/mol. The van der Waals surface area contributed by atoms with Gasteiger partial charge in [-0.1, -0.05) is 6.42 Å². The smallest absolute Gasteiger partial charge is 0.342 e. The molecule has 0 fully saturated rings. The monoisotopic (exact) mass is 221 g/mol. The van der Waals surface area contributed by atoms with Crippen LogP contribution in [0.5, 0.6) is 0 Å². The van der Waals surface area contributed by atoms with Crippen molar-refractivity contribution in [3.05, 3.63) is 30.1 Å². The first-order valence-electron chi connectivity index (χ1n) is 5.32. The molecule has 0 radical (unpaired) electrons. The molecule has 4 nitrogen and oxygen atoms in total. The number of aromatic nitrogens is 1. The molecule has 1 rings (SSSR count). The predicted octanol–water partition coefficient (Wildman–Crippen LogP) is 1.89. The Morgan fingerprint density at radius 2 is 1.88 bits per heavy atom. The highest BCUT2D eigenvalue weighted by Gasteiger charge is 2.07. The summed E-state index contributed by atoms with van der Waals surface area (Å²) < 4.78 is 2.08. The summed E-state index contributed by atoms with van der Waals surface area (Å²) in [5.74, 6) is 0.315. The Hall–Kier alpha value is -1.80. The number of carboxylic acids is 1. The highest BCUT2D eigenvalue weighted by atomic mass is 16.4. The van der Waals surface area contributed by atoms with Gasteiger partial charge in [0.2, 0.25) is 0 Å². The lowest BCUT2D eigenvalue weighted by molar-refractivity contribution is -0.132. The summed E-state index contributed by atoms with van der Waals surface area (Å²) in [5.41, 5.74) is -0.152. The number of aryl methyl sites for hydroxylation is 1. The lowest BCUT2D eigenvalue weighted by Gasteiger charge is -2.02. The van der Waals surface area contributed by atoms with E-state index in [1.807, 2.05) is 24.5 Å². The molecule has 1 aromatic heterocycles. The molecule has 0 aliphatic heterocycles. The molecule has 0 spiro atoms. The van der Waals surface area contributed by atoms with E-state index in [1.54, 1.807) is 0 Å². The molecule has 0 aliphatic rings. The maximum absolute atomic E-state index is 10.5. The minimum atomic E-state index is -1.15. The molecule has 0 saturated heterocycles. The fourth-order valence-electron chi connectivity index (χ4n) is 1.49. The zero-order valence-electron chi connectivity index (χ0n) is 9.06. The van der Waals surface area contributed by atoms with Gasteiger partial charge in [-0.3, -0.25) is 0 Å². The molecule has 0 bridgehead atoms. The first kappa shape index (κ1) is 12.3. The first-order valence-corrected chi connectivity index (χ1v) is 5.32. The zero-order chi connectivity index (χ0) is 11.8. The van der Waals surface area contributed by atoms with Crippen LogP contribution in [0.15, 0.2) is 30.1 Å². The minimum absolute atomic E-state index is 0.152. The van der Waals surface area contributed by atoms with E-state index in [2.05, 4.69) is 4.57 Å². The maximum Gasteiger partial charge on any atom is 0.342 e. The van der Waals surface area contributed by atoms with Crippen LogP contribution in [0, 0.1) is 0 Å². The van der Waals surface area contributed by atoms with E-state index < -0.39 is 5.97 Å². The van der Waals surface area contributed by atoms with Crippen LogP contribution in [0.2, 0.25) is 0 Å². The van der Waals surface area contributed by atoms with E-state index in [0.717, 1.165) is 25.8 Å². The quantitative estimate of drug-likeness (QED) is 0.434. The Balaban J connectivity index is 2.12. The van der Waals surface area contributed by atoms with Crippen molar-refractivity contribution >= 4 is 11.9 Å². The third-order valence-corrected chi connectivity index (χ3v) is 2.39. The molecule has 0 amide bonds. The standard InChI is InChI=1S/C12H15NO3/c14-10-11(12(15)16)6-2-1-3-7-13-8-4-5-9-13/h4-5,8-9H,1-3,6-7H2,(H,15,16). The van der Waals surface area contributed by atoms with E-state index in [1.165, 1.54) is 5.94 Å². The van der Waals surface area contributed by atoms with E-state index in [0.29, 0.717) is 6.42 Å². The van der Waals surface area contributed by atoms with Gasteiger partial charge in [0.25, 0.3) is 0 Å². The third-order valence-electron chi connectivity index (χ3n) is 2.39. The average molecular weight is 221 g/mol. The number of carboxylic acid groups (broad SMARTS) is 1. The molecule has 1 aromatic rings. The van der Waals surface area contributed by atoms with Crippen LogP contribution in [0.3, 0.4) is 0 Å². The van der Waals surface area contributed by atoms with Crippen LogP contribution in [0.4, 0.5) is 0 Å². The van der Waals surface area contributed by atoms with Gasteiger partial charge in [-0.2, -0.15) is 0 Å². The Bertz CT molecular complexity index is 375. The Labute approximate surface area is 94.2 Å². The third kappa shape index (κ3) is 4.15. The molecule has 0 saturated carbocycles. The molecule has 86 valence electrons. The second-order valence-electron chi connectivity index (χ2n) is 3.62. The first-order chi connectivity index (χ1) is 7.74. The number of carbonyl (C=O) groups is 1. The van der Waals surface area contributed by atoms with Crippen molar-refractivity contribution in [1.29, 1.82) is 0 Å². The molecule has 1 heterocycles. The van der Waals surface area contributed by atoms with Crippen molar-refractivity contribution in [1.82, 2.24) is 4.57 Å². The van der Waals surface area contributed by atoms with Gasteiger partial charge in [0.1, 0.15) is 11.5 Å². The summed E-state index contributed by atoms with van der Waals surface area (Å²) in [7, 11) is 0. The Morgan fingerprint density at radius 3 is 2.44 bits per heavy atom. The summed E-state index contributed by atoms with van der Waals surface area (Å²) >= 11 is 0. The van der Waals surface area contributed by atoms with Crippen molar-refractivity contribution < 1.29 is 14.7 Å². The van der Waals surface area contributed by atoms with Crippen molar-refractivity contribution in [3.8, 4) is 0 Å².